The molecule has 0 aliphatic heterocycles. The monoisotopic (exact) mass is 1550 g/mol. The van der Waals surface area contributed by atoms with Crippen LogP contribution in [0.2, 0.25) is 0 Å². The average molecular weight is 1560 g/mol. The van der Waals surface area contributed by atoms with E-state index in [-0.39, 0.29) is 69.3 Å². The lowest BCUT2D eigenvalue weighted by Crippen LogP contribution is -2.55. The van der Waals surface area contributed by atoms with E-state index in [0.717, 1.165) is 79.6 Å². The number of fused-ring (bicyclic) bond motifs is 3. The van der Waals surface area contributed by atoms with E-state index >= 15 is 0 Å². The first kappa shape index (κ1) is 79.8. The predicted octanol–water partition coefficient (Wildman–Crippen LogP) is 20.0. The van der Waals surface area contributed by atoms with E-state index in [0.29, 0.717) is 43.4 Å². The van der Waals surface area contributed by atoms with Crippen LogP contribution in [0.1, 0.15) is 186 Å². The summed E-state index contributed by atoms with van der Waals surface area (Å²) < 4.78 is 174. The van der Waals surface area contributed by atoms with Gasteiger partial charge in [0.05, 0.1) is 15.2 Å². The first-order valence-electron chi connectivity index (χ1n) is 35.6. The van der Waals surface area contributed by atoms with Crippen LogP contribution in [0, 0.1) is 0 Å². The normalized spacial score (nSPS) is 13.8. The highest BCUT2D eigenvalue weighted by Crippen LogP contribution is 2.57. The molecule has 11 rings (SSSR count). The zero-order valence-corrected chi connectivity index (χ0v) is 65.6. The molecule has 0 radical (unpaired) electrons. The van der Waals surface area contributed by atoms with Crippen LogP contribution in [0.25, 0.3) is 11.1 Å². The van der Waals surface area contributed by atoms with Crippen molar-refractivity contribution in [3.63, 3.8) is 0 Å². The van der Waals surface area contributed by atoms with Crippen molar-refractivity contribution >= 4 is 63.8 Å². The molecule has 10 aromatic rings. The van der Waals surface area contributed by atoms with Crippen LogP contribution in [0.4, 0.5) is 0 Å². The summed E-state index contributed by atoms with van der Waals surface area (Å²) in [6.45, 7) is 19.5. The molecule has 564 valence electrons. The van der Waals surface area contributed by atoms with Gasteiger partial charge in [-0.25, -0.2) is 0 Å². The van der Waals surface area contributed by atoms with Crippen LogP contribution in [-0.4, -0.2) is 74.7 Å². The minimum atomic E-state index is -5.12. The summed E-state index contributed by atoms with van der Waals surface area (Å²) in [5, 5.41) is 0. The van der Waals surface area contributed by atoms with Crippen LogP contribution in [0.5, 0.6) is 34.5 Å². The fourth-order valence-electron chi connectivity index (χ4n) is 15.3. The number of ketones is 2. The molecule has 0 spiro atoms. The molecule has 108 heavy (non-hydrogen) atoms. The first-order valence-corrected chi connectivity index (χ1v) is 42.2. The number of rotatable bonds is 31. The highest BCUT2D eigenvalue weighted by molar-refractivity contribution is 7.99. The van der Waals surface area contributed by atoms with Gasteiger partial charge in [-0.1, -0.05) is 171 Å². The Kier molecular flexibility index (Phi) is 22.9. The SMILES string of the molecule is CCCC(C)(CC)c1ccc(C(=O)c2ccc(Oc3ccc(C4(c5ccc(OC(CC)(CC)C(CC)(CC)c6ccc(C(=O)c7ccc(Oc8ccc(Sc9ccc(OC(C)(C)CC)cc9)cc8)c(S(=O)(=O)O)c7)cc6S(=O)(=O)O)cc5)c5ccccc5-c5ccccc54)cc3)c(S(=O)(=O)O)c2)cc1S(=O)(=O)O. The fraction of sp³-hybridized carbons (Fsp3) is 0.271. The van der Waals surface area contributed by atoms with Crippen molar-refractivity contribution < 1.29 is 80.4 Å². The van der Waals surface area contributed by atoms with Crippen molar-refractivity contribution in [1.82, 2.24) is 0 Å². The van der Waals surface area contributed by atoms with Gasteiger partial charge in [0.15, 0.2) is 11.6 Å². The van der Waals surface area contributed by atoms with Crippen molar-refractivity contribution in [1.29, 1.82) is 0 Å². The summed E-state index contributed by atoms with van der Waals surface area (Å²) in [4.78, 5) is 28.0. The lowest BCUT2D eigenvalue weighted by atomic mass is 9.61. The molecule has 18 nitrogen and oxygen atoms in total. The van der Waals surface area contributed by atoms with Gasteiger partial charge in [0.25, 0.3) is 40.5 Å². The summed E-state index contributed by atoms with van der Waals surface area (Å²) in [5.41, 5.74) is 0.764. The Morgan fingerprint density at radius 3 is 1.14 bits per heavy atom. The number of hydrogen-bond acceptors (Lipinski definition) is 15. The second kappa shape index (κ2) is 31.0. The molecule has 0 saturated heterocycles. The Morgan fingerprint density at radius 2 is 0.750 bits per heavy atom. The fourth-order valence-corrected chi connectivity index (χ4v) is 19.1. The van der Waals surface area contributed by atoms with Gasteiger partial charge >= 0.3 is 0 Å². The molecular weight excluding hydrogens is 1470 g/mol. The van der Waals surface area contributed by atoms with E-state index in [1.165, 1.54) is 60.3 Å². The third-order valence-electron chi connectivity index (χ3n) is 21.4. The molecule has 0 aromatic heterocycles. The molecule has 4 N–H and O–H groups in total. The van der Waals surface area contributed by atoms with Gasteiger partial charge in [-0.05, 0) is 230 Å². The molecule has 0 heterocycles. The van der Waals surface area contributed by atoms with Crippen LogP contribution >= 0.6 is 11.8 Å². The van der Waals surface area contributed by atoms with Gasteiger partial charge in [-0.3, -0.25) is 27.8 Å². The van der Waals surface area contributed by atoms with Crippen molar-refractivity contribution in [2.45, 2.75) is 177 Å². The van der Waals surface area contributed by atoms with E-state index in [9.17, 15) is 61.5 Å². The zero-order chi connectivity index (χ0) is 78.2. The Bertz CT molecular complexity index is 5490. The second-order valence-electron chi connectivity index (χ2n) is 27.9. The molecule has 10 aromatic carbocycles. The Balaban J connectivity index is 0.879. The van der Waals surface area contributed by atoms with Crippen LogP contribution in [-0.2, 0) is 56.7 Å². The second-order valence-corrected chi connectivity index (χ2v) is 34.6. The topological polar surface area (TPSA) is 289 Å². The predicted molar refractivity (Wildman–Crippen MR) is 417 cm³/mol. The van der Waals surface area contributed by atoms with Crippen LogP contribution in [0.3, 0.4) is 0 Å². The Hall–Kier alpha value is -9.27. The number of hydrogen-bond donors (Lipinski definition) is 4. The number of ether oxygens (including phenoxy) is 4. The van der Waals surface area contributed by atoms with Gasteiger partial charge in [0.1, 0.15) is 55.5 Å². The minimum Gasteiger partial charge on any atom is -0.488 e. The van der Waals surface area contributed by atoms with Crippen LogP contribution < -0.4 is 18.9 Å². The van der Waals surface area contributed by atoms with Gasteiger partial charge in [0, 0.05) is 37.5 Å². The Morgan fingerprint density at radius 1 is 0.389 bits per heavy atom. The molecule has 1 aliphatic rings. The largest absolute Gasteiger partial charge is 0.488 e. The molecule has 23 heteroatoms. The smallest absolute Gasteiger partial charge is 0.298 e. The number of carbonyl (C=O) groups is 2. The average Bonchev–Trinajstić information content (AvgIpc) is 1.51. The zero-order valence-electron chi connectivity index (χ0n) is 61.5. The highest BCUT2D eigenvalue weighted by Gasteiger charge is 2.53. The third kappa shape index (κ3) is 15.7. The molecule has 1 unspecified atom stereocenters. The van der Waals surface area contributed by atoms with Crippen LogP contribution in [0.15, 0.2) is 248 Å². The summed E-state index contributed by atoms with van der Waals surface area (Å²) in [6, 6.07) is 60.0. The molecule has 0 amide bonds. The summed E-state index contributed by atoms with van der Waals surface area (Å²) in [7, 11) is -20.1. The Labute approximate surface area is 636 Å². The molecule has 1 atom stereocenters. The molecule has 1 aliphatic carbocycles. The molecule has 0 saturated carbocycles. The molecule has 0 fully saturated rings. The van der Waals surface area contributed by atoms with Crippen molar-refractivity contribution in [3.05, 3.63) is 274 Å². The van der Waals surface area contributed by atoms with Gasteiger partial charge in [-0.15, -0.1) is 0 Å². The molecule has 0 bridgehead atoms. The van der Waals surface area contributed by atoms with Gasteiger partial charge < -0.3 is 18.9 Å². The number of benzene rings is 10. The minimum absolute atomic E-state index is 0.150. The van der Waals surface area contributed by atoms with E-state index in [1.807, 2.05) is 159 Å². The maximum absolute atomic E-state index is 14.5. The maximum Gasteiger partial charge on any atom is 0.298 e. The van der Waals surface area contributed by atoms with Crippen molar-refractivity contribution in [2.24, 2.45) is 0 Å². The first-order chi connectivity index (χ1) is 51.1. The summed E-state index contributed by atoms with van der Waals surface area (Å²) in [6.07, 6.45) is 3.92. The highest BCUT2D eigenvalue weighted by atomic mass is 32.2. The summed E-state index contributed by atoms with van der Waals surface area (Å²) >= 11 is 1.48. The standard InChI is InChI=1S/C85H86O18S5/c1-11-50-82(10,13-3)71-46-26-55(51-75(71)105(88,89)90)79(86)57-28-48-73(77(53-57)107(94,95)96)100-61-34-30-59(31-35-61)85(69-24-20-18-22-67(69)68-23-19-21-25-70(68)85)60-32-36-64(37-33-60)103-84(16-6,17-7)83(14-4,15-5)72-47-27-56(52-76(72)106(91,92)93)80(87)58-29-49-74(78(54-58)108(97,98)99)101-62-38-42-65(43-39-62)104-66-44-40-63(41-45-66)102-81(8,9)12-2/h18-49,51-54H,11-17,50H2,1-10H3,(H,88,89,90)(H,91,92,93)(H,94,95,96)(H,97,98,99). The lowest BCUT2D eigenvalue weighted by molar-refractivity contribution is -0.0295. The number of carbonyl (C=O) groups excluding carboxylic acids is 2. The maximum atomic E-state index is 14.5. The van der Waals surface area contributed by atoms with E-state index in [4.69, 9.17) is 18.9 Å². The quantitative estimate of drug-likeness (QED) is 0.0232. The molecular formula is C85H86O18S5. The van der Waals surface area contributed by atoms with Gasteiger partial charge in [-0.2, -0.15) is 33.7 Å². The van der Waals surface area contributed by atoms with E-state index < -0.39 is 93.5 Å². The van der Waals surface area contributed by atoms with Gasteiger partial charge in [0.2, 0.25) is 0 Å². The third-order valence-corrected chi connectivity index (χ3v) is 26.0. The lowest BCUT2D eigenvalue weighted by Gasteiger charge is -2.50. The summed E-state index contributed by atoms with van der Waals surface area (Å²) in [5.74, 6) is -0.651. The van der Waals surface area contributed by atoms with Crippen molar-refractivity contribution in [2.75, 3.05) is 0 Å². The van der Waals surface area contributed by atoms with E-state index in [2.05, 4.69) is 19.1 Å². The van der Waals surface area contributed by atoms with Crippen molar-refractivity contribution in [3.8, 4) is 45.6 Å². The van der Waals surface area contributed by atoms with E-state index in [1.54, 1.807) is 36.4 Å².